The van der Waals surface area contributed by atoms with Gasteiger partial charge in [0.05, 0.1) is 5.92 Å². The zero-order valence-electron chi connectivity index (χ0n) is 20.8. The summed E-state index contributed by atoms with van der Waals surface area (Å²) >= 11 is 0. The maximum Gasteiger partial charge on any atom is 0.230 e. The molecular formula is C28H39N3O2. The molecule has 33 heavy (non-hydrogen) atoms. The van der Waals surface area contributed by atoms with E-state index in [1.165, 1.54) is 0 Å². The van der Waals surface area contributed by atoms with Crippen LogP contribution in [0.15, 0.2) is 48.5 Å². The van der Waals surface area contributed by atoms with Gasteiger partial charge in [-0.3, -0.25) is 9.59 Å². The first-order valence-corrected chi connectivity index (χ1v) is 12.3. The van der Waals surface area contributed by atoms with Gasteiger partial charge in [0.25, 0.3) is 0 Å². The van der Waals surface area contributed by atoms with E-state index in [0.29, 0.717) is 6.54 Å². The zero-order valence-corrected chi connectivity index (χ0v) is 20.8. The van der Waals surface area contributed by atoms with Gasteiger partial charge < -0.3 is 15.1 Å². The number of hydrogen-bond donors (Lipinski definition) is 1. The molecule has 0 heterocycles. The number of anilines is 2. The van der Waals surface area contributed by atoms with Crippen molar-refractivity contribution in [3.63, 3.8) is 0 Å². The number of benzene rings is 2. The predicted molar refractivity (Wildman–Crippen MR) is 137 cm³/mol. The molecule has 0 unspecified atom stereocenters. The van der Waals surface area contributed by atoms with Crippen LogP contribution in [0.3, 0.4) is 0 Å². The lowest BCUT2D eigenvalue weighted by atomic mass is 9.85. The molecule has 1 N–H and O–H groups in total. The van der Waals surface area contributed by atoms with E-state index in [1.807, 2.05) is 67.5 Å². The van der Waals surface area contributed by atoms with Crippen molar-refractivity contribution in [1.29, 1.82) is 0 Å². The Hall–Kier alpha value is -2.82. The molecule has 1 aliphatic carbocycles. The molecule has 3 rings (SSSR count). The van der Waals surface area contributed by atoms with Gasteiger partial charge in [-0.25, -0.2) is 0 Å². The topological polar surface area (TPSA) is 52.7 Å². The van der Waals surface area contributed by atoms with Gasteiger partial charge in [-0.2, -0.15) is 0 Å². The minimum atomic E-state index is -0.162. The van der Waals surface area contributed by atoms with Gasteiger partial charge in [0, 0.05) is 44.0 Å². The molecule has 1 saturated carbocycles. The van der Waals surface area contributed by atoms with E-state index in [0.717, 1.165) is 54.6 Å². The summed E-state index contributed by atoms with van der Waals surface area (Å²) in [6.45, 7) is 6.83. The van der Waals surface area contributed by atoms with E-state index >= 15 is 0 Å². The zero-order chi connectivity index (χ0) is 24.0. The van der Waals surface area contributed by atoms with Crippen molar-refractivity contribution >= 4 is 23.2 Å². The van der Waals surface area contributed by atoms with Crippen molar-refractivity contribution in [2.75, 3.05) is 24.3 Å². The molecule has 2 aromatic carbocycles. The number of carbonyl (C=O) groups excluding carboxylic acids is 2. The van der Waals surface area contributed by atoms with Crippen LogP contribution in [0.2, 0.25) is 0 Å². The second kappa shape index (κ2) is 11.4. The molecule has 2 aromatic rings. The van der Waals surface area contributed by atoms with Gasteiger partial charge in [-0.1, -0.05) is 50.6 Å². The third kappa shape index (κ3) is 5.95. The lowest BCUT2D eigenvalue weighted by molar-refractivity contribution is -0.135. The summed E-state index contributed by atoms with van der Waals surface area (Å²) in [4.78, 5) is 30.4. The Labute approximate surface area is 199 Å². The van der Waals surface area contributed by atoms with Gasteiger partial charge in [0.15, 0.2) is 0 Å². The van der Waals surface area contributed by atoms with Gasteiger partial charge in [-0.05, 0) is 61.9 Å². The molecule has 2 atom stereocenters. The molecule has 0 spiro atoms. The summed E-state index contributed by atoms with van der Waals surface area (Å²) in [7, 11) is 4.03. The highest BCUT2D eigenvalue weighted by molar-refractivity contribution is 5.93. The lowest BCUT2D eigenvalue weighted by Gasteiger charge is -2.33. The molecule has 0 radical (unpaired) electrons. The SMILES string of the molecule is CC[C@@H](C(=O)N(Cc1cc(NC(=O)C2CCC2)ccc1N(C)C)[C@@H](C)CC)c1ccccc1. The van der Waals surface area contributed by atoms with Crippen LogP contribution in [-0.2, 0) is 16.1 Å². The average Bonchev–Trinajstić information content (AvgIpc) is 2.76. The molecule has 5 nitrogen and oxygen atoms in total. The molecule has 5 heteroatoms. The normalized spacial score (nSPS) is 15.3. The highest BCUT2D eigenvalue weighted by Crippen LogP contribution is 2.31. The molecule has 2 amide bonds. The maximum absolute atomic E-state index is 13.8. The van der Waals surface area contributed by atoms with Crippen molar-refractivity contribution in [1.82, 2.24) is 4.90 Å². The van der Waals surface area contributed by atoms with Crippen LogP contribution in [0.1, 0.15) is 69.9 Å². The number of nitrogens with zero attached hydrogens (tertiary/aromatic N) is 2. The smallest absolute Gasteiger partial charge is 0.230 e. The quantitative estimate of drug-likeness (QED) is 0.498. The Morgan fingerprint density at radius 3 is 2.27 bits per heavy atom. The summed E-state index contributed by atoms with van der Waals surface area (Å²) in [5.41, 5.74) is 3.97. The second-order valence-electron chi connectivity index (χ2n) is 9.45. The van der Waals surface area contributed by atoms with Crippen molar-refractivity contribution in [2.24, 2.45) is 5.92 Å². The number of hydrogen-bond acceptors (Lipinski definition) is 3. The standard InChI is InChI=1S/C28H39N3O2/c1-6-20(3)31(28(33)25(7-2)21-12-9-8-10-13-21)19-23-18-24(16-17-26(23)30(4)5)29-27(32)22-14-11-15-22/h8-10,12-13,16-18,20,22,25H,6-7,11,14-15,19H2,1-5H3,(H,29,32)/t20-,25+/m0/s1. The van der Waals surface area contributed by atoms with Crippen LogP contribution >= 0.6 is 0 Å². The van der Waals surface area contributed by atoms with Gasteiger partial charge >= 0.3 is 0 Å². The Balaban J connectivity index is 1.90. The van der Waals surface area contributed by atoms with Crippen LogP contribution in [0, 0.1) is 5.92 Å². The van der Waals surface area contributed by atoms with Crippen LogP contribution in [0.25, 0.3) is 0 Å². The summed E-state index contributed by atoms with van der Waals surface area (Å²) in [5, 5.41) is 3.09. The van der Waals surface area contributed by atoms with Crippen molar-refractivity contribution in [2.45, 2.75) is 71.4 Å². The van der Waals surface area contributed by atoms with Crippen LogP contribution in [-0.4, -0.2) is 36.9 Å². The molecule has 0 aliphatic heterocycles. The highest BCUT2D eigenvalue weighted by Gasteiger charge is 2.29. The summed E-state index contributed by atoms with van der Waals surface area (Å²) in [6, 6.07) is 16.2. The maximum atomic E-state index is 13.8. The van der Waals surface area contributed by atoms with Gasteiger partial charge in [0.1, 0.15) is 0 Å². The van der Waals surface area contributed by atoms with E-state index in [9.17, 15) is 9.59 Å². The van der Waals surface area contributed by atoms with Crippen LogP contribution in [0.5, 0.6) is 0 Å². The third-order valence-corrected chi connectivity index (χ3v) is 6.96. The van der Waals surface area contributed by atoms with Crippen molar-refractivity contribution < 1.29 is 9.59 Å². The molecule has 178 valence electrons. The molecule has 1 aliphatic rings. The molecule has 0 bridgehead atoms. The highest BCUT2D eigenvalue weighted by atomic mass is 16.2. The Kier molecular flexibility index (Phi) is 8.54. The lowest BCUT2D eigenvalue weighted by Crippen LogP contribution is -2.41. The van der Waals surface area contributed by atoms with Crippen LogP contribution in [0.4, 0.5) is 11.4 Å². The fourth-order valence-corrected chi connectivity index (χ4v) is 4.43. The summed E-state index contributed by atoms with van der Waals surface area (Å²) in [6.07, 6.45) is 4.72. The number of nitrogens with one attached hydrogen (secondary N) is 1. The van der Waals surface area contributed by atoms with Crippen molar-refractivity contribution in [3.05, 3.63) is 59.7 Å². The number of rotatable bonds is 10. The van der Waals surface area contributed by atoms with Gasteiger partial charge in [-0.15, -0.1) is 0 Å². The summed E-state index contributed by atoms with van der Waals surface area (Å²) in [5.74, 6) is 0.238. The Morgan fingerprint density at radius 2 is 1.73 bits per heavy atom. The number of amides is 2. The Morgan fingerprint density at radius 1 is 1.03 bits per heavy atom. The van der Waals surface area contributed by atoms with E-state index in [2.05, 4.69) is 31.0 Å². The van der Waals surface area contributed by atoms with Gasteiger partial charge in [0.2, 0.25) is 11.8 Å². The third-order valence-electron chi connectivity index (χ3n) is 6.96. The first-order chi connectivity index (χ1) is 15.8. The molecule has 1 fully saturated rings. The average molecular weight is 450 g/mol. The largest absolute Gasteiger partial charge is 0.377 e. The summed E-state index contributed by atoms with van der Waals surface area (Å²) < 4.78 is 0. The second-order valence-corrected chi connectivity index (χ2v) is 9.45. The number of carbonyl (C=O) groups is 2. The first kappa shape index (κ1) is 24.8. The van der Waals surface area contributed by atoms with E-state index in [1.54, 1.807) is 0 Å². The monoisotopic (exact) mass is 449 g/mol. The minimum absolute atomic E-state index is 0.106. The van der Waals surface area contributed by atoms with E-state index in [-0.39, 0.29) is 29.7 Å². The fourth-order valence-electron chi connectivity index (χ4n) is 4.43. The molecule has 0 aromatic heterocycles. The predicted octanol–water partition coefficient (Wildman–Crippen LogP) is 5.81. The molecular weight excluding hydrogens is 410 g/mol. The van der Waals surface area contributed by atoms with E-state index in [4.69, 9.17) is 0 Å². The first-order valence-electron chi connectivity index (χ1n) is 12.3. The Bertz CT molecular complexity index is 937. The fraction of sp³-hybridized carbons (Fsp3) is 0.500. The van der Waals surface area contributed by atoms with Crippen molar-refractivity contribution in [3.8, 4) is 0 Å². The minimum Gasteiger partial charge on any atom is -0.377 e. The van der Waals surface area contributed by atoms with E-state index < -0.39 is 0 Å². The molecule has 0 saturated heterocycles. The van der Waals surface area contributed by atoms with Crippen LogP contribution < -0.4 is 10.2 Å².